The molecule has 8 N–H and O–H groups in total. The minimum absolute atomic E-state index is 0.0162. The molecule has 0 saturated heterocycles. The van der Waals surface area contributed by atoms with E-state index in [1.807, 2.05) is 0 Å². The number of nitrogens with two attached hydrogens (primary N) is 1. The van der Waals surface area contributed by atoms with Crippen molar-refractivity contribution in [3.8, 4) is 16.2 Å². The third-order valence-corrected chi connectivity index (χ3v) is 8.45. The fourth-order valence-electron chi connectivity index (χ4n) is 5.91. The number of thiophene rings is 1. The van der Waals surface area contributed by atoms with Crippen molar-refractivity contribution < 1.29 is 45.0 Å². The molecule has 3 aliphatic carbocycles. The minimum Gasteiger partial charge on any atom is -0.508 e. The molecule has 0 bridgehead atoms. The van der Waals surface area contributed by atoms with Crippen LogP contribution in [0.4, 0.5) is 0 Å². The van der Waals surface area contributed by atoms with Gasteiger partial charge in [-0.2, -0.15) is 0 Å². The standard InChI is InChI=1S/C25H24N2O9S/c1-27(2)16-15-20(31)12-13(22(33)25(15,36)23(34)14(21(16)32)24(26)35)19(30)11-9(18(12)29)6-5-8(17(11)28)10-4-3-7-37-10/h3-7,12,15-16,18,20,28-31,34,36H,1-2H3,(H2,26,35). The maximum atomic E-state index is 13.9. The number of hydrogen-bond acceptors (Lipinski definition) is 11. The third kappa shape index (κ3) is 3.10. The van der Waals surface area contributed by atoms with Crippen molar-refractivity contribution in [3.63, 3.8) is 0 Å². The van der Waals surface area contributed by atoms with Gasteiger partial charge in [0.25, 0.3) is 5.91 Å². The predicted molar refractivity (Wildman–Crippen MR) is 130 cm³/mol. The van der Waals surface area contributed by atoms with E-state index in [0.717, 1.165) is 0 Å². The Morgan fingerprint density at radius 1 is 1.11 bits per heavy atom. The van der Waals surface area contributed by atoms with Gasteiger partial charge in [0, 0.05) is 21.9 Å². The fraction of sp³-hybridized carbons (Fsp3) is 0.320. The zero-order valence-corrected chi connectivity index (χ0v) is 20.4. The number of aromatic hydroxyl groups is 1. The molecule has 12 heteroatoms. The lowest BCUT2D eigenvalue weighted by molar-refractivity contribution is -0.174. The SMILES string of the molecule is CN(C)C1C(=O)C(C(N)=O)=C(O)C2(O)C(=O)C3=C(O)c4c(ccc(-c5cccs5)c4O)C(O)C3C(O)C12. The lowest BCUT2D eigenvalue weighted by atomic mass is 9.55. The topological polar surface area (TPSA) is 202 Å². The molecular formula is C25H24N2O9S. The number of primary amides is 1. The van der Waals surface area contributed by atoms with Crippen LogP contribution in [-0.2, 0) is 14.4 Å². The summed E-state index contributed by atoms with van der Waals surface area (Å²) in [5, 5.41) is 69.3. The number of aliphatic hydroxyl groups is 5. The van der Waals surface area contributed by atoms with Crippen LogP contribution < -0.4 is 5.73 Å². The Morgan fingerprint density at radius 2 is 1.78 bits per heavy atom. The summed E-state index contributed by atoms with van der Waals surface area (Å²) in [6.45, 7) is 0. The van der Waals surface area contributed by atoms with E-state index in [2.05, 4.69) is 0 Å². The van der Waals surface area contributed by atoms with Crippen molar-refractivity contribution in [2.75, 3.05) is 14.1 Å². The second-order valence-electron chi connectivity index (χ2n) is 9.61. The molecule has 1 saturated carbocycles. The maximum absolute atomic E-state index is 13.9. The van der Waals surface area contributed by atoms with E-state index in [4.69, 9.17) is 5.73 Å². The van der Waals surface area contributed by atoms with Gasteiger partial charge >= 0.3 is 0 Å². The third-order valence-electron chi connectivity index (χ3n) is 7.55. The lowest BCUT2D eigenvalue weighted by Gasteiger charge is -2.53. The zero-order valence-electron chi connectivity index (χ0n) is 19.6. The van der Waals surface area contributed by atoms with Gasteiger partial charge in [0.2, 0.25) is 5.78 Å². The van der Waals surface area contributed by atoms with Gasteiger partial charge in [0.15, 0.2) is 11.4 Å². The summed E-state index contributed by atoms with van der Waals surface area (Å²) in [4.78, 5) is 40.9. The first-order valence-corrected chi connectivity index (χ1v) is 12.1. The van der Waals surface area contributed by atoms with Crippen LogP contribution in [-0.4, -0.2) is 84.9 Å². The maximum Gasteiger partial charge on any atom is 0.255 e. The second-order valence-corrected chi connectivity index (χ2v) is 10.6. The Labute approximate surface area is 214 Å². The van der Waals surface area contributed by atoms with Gasteiger partial charge in [-0.3, -0.25) is 19.3 Å². The highest BCUT2D eigenvalue weighted by atomic mass is 32.1. The molecule has 5 rings (SSSR count). The van der Waals surface area contributed by atoms with Gasteiger partial charge in [-0.25, -0.2) is 0 Å². The van der Waals surface area contributed by atoms with Gasteiger partial charge in [0.1, 0.15) is 22.8 Å². The van der Waals surface area contributed by atoms with Gasteiger partial charge in [-0.05, 0) is 37.2 Å². The number of phenolic OH excluding ortho intramolecular Hbond substituents is 1. The molecule has 3 aliphatic rings. The van der Waals surface area contributed by atoms with Crippen molar-refractivity contribution in [2.24, 2.45) is 17.6 Å². The highest BCUT2D eigenvalue weighted by Gasteiger charge is 2.68. The normalized spacial score (nSPS) is 31.4. The van der Waals surface area contributed by atoms with Gasteiger partial charge < -0.3 is 36.4 Å². The summed E-state index contributed by atoms with van der Waals surface area (Å²) >= 11 is 1.30. The van der Waals surface area contributed by atoms with Gasteiger partial charge in [-0.15, -0.1) is 11.3 Å². The summed E-state index contributed by atoms with van der Waals surface area (Å²) in [6, 6.07) is 4.94. The van der Waals surface area contributed by atoms with Crippen LogP contribution >= 0.6 is 11.3 Å². The van der Waals surface area contributed by atoms with Crippen LogP contribution in [0.1, 0.15) is 17.2 Å². The Morgan fingerprint density at radius 3 is 2.35 bits per heavy atom. The van der Waals surface area contributed by atoms with Gasteiger partial charge in [-0.1, -0.05) is 12.1 Å². The molecule has 37 heavy (non-hydrogen) atoms. The minimum atomic E-state index is -3.04. The lowest BCUT2D eigenvalue weighted by Crippen LogP contribution is -2.70. The quantitative estimate of drug-likeness (QED) is 0.269. The Bertz CT molecular complexity index is 1430. The second kappa shape index (κ2) is 8.23. The molecule has 6 unspecified atom stereocenters. The van der Waals surface area contributed by atoms with Crippen LogP contribution in [0.3, 0.4) is 0 Å². The first-order valence-electron chi connectivity index (χ1n) is 11.3. The smallest absolute Gasteiger partial charge is 0.255 e. The van der Waals surface area contributed by atoms with E-state index in [-0.39, 0.29) is 11.1 Å². The Balaban J connectivity index is 1.80. The largest absolute Gasteiger partial charge is 0.508 e. The molecule has 0 spiro atoms. The molecule has 1 heterocycles. The number of carbonyl (C=O) groups is 3. The number of benzene rings is 1. The monoisotopic (exact) mass is 528 g/mol. The average Bonchev–Trinajstić information content (AvgIpc) is 3.35. The van der Waals surface area contributed by atoms with E-state index < -0.39 is 81.6 Å². The highest BCUT2D eigenvalue weighted by Crippen LogP contribution is 2.56. The van der Waals surface area contributed by atoms with Crippen LogP contribution in [0.2, 0.25) is 0 Å². The first-order chi connectivity index (χ1) is 17.3. The number of rotatable bonds is 3. The highest BCUT2D eigenvalue weighted by molar-refractivity contribution is 7.13. The fourth-order valence-corrected chi connectivity index (χ4v) is 6.67. The van der Waals surface area contributed by atoms with E-state index >= 15 is 0 Å². The van der Waals surface area contributed by atoms with Crippen LogP contribution in [0.15, 0.2) is 46.6 Å². The Hall–Kier alpha value is -3.55. The van der Waals surface area contributed by atoms with Crippen molar-refractivity contribution in [1.82, 2.24) is 4.90 Å². The molecule has 0 radical (unpaired) electrons. The molecule has 1 aromatic carbocycles. The molecule has 2 aromatic rings. The first kappa shape index (κ1) is 25.1. The summed E-state index contributed by atoms with van der Waals surface area (Å²) in [7, 11) is 2.81. The van der Waals surface area contributed by atoms with E-state index in [0.29, 0.717) is 10.4 Å². The van der Waals surface area contributed by atoms with Crippen LogP contribution in [0.25, 0.3) is 16.2 Å². The van der Waals surface area contributed by atoms with Gasteiger partial charge in [0.05, 0.1) is 29.7 Å². The number of amides is 1. The number of carbonyl (C=O) groups excluding carboxylic acids is 3. The Kier molecular flexibility index (Phi) is 5.59. The van der Waals surface area contributed by atoms with Crippen molar-refractivity contribution in [1.29, 1.82) is 0 Å². The molecule has 11 nitrogen and oxygen atoms in total. The average molecular weight is 529 g/mol. The van der Waals surface area contributed by atoms with Crippen molar-refractivity contribution >= 4 is 34.6 Å². The van der Waals surface area contributed by atoms with E-state index in [1.54, 1.807) is 17.5 Å². The predicted octanol–water partition coefficient (Wildman–Crippen LogP) is 0.154. The molecule has 1 amide bonds. The number of fused-ring (bicyclic) bond motifs is 3. The zero-order chi connectivity index (χ0) is 27.1. The number of aliphatic hydroxyl groups excluding tert-OH is 4. The molecule has 0 aliphatic heterocycles. The summed E-state index contributed by atoms with van der Waals surface area (Å²) in [6.07, 6.45) is -3.51. The van der Waals surface area contributed by atoms with Crippen molar-refractivity contribution in [2.45, 2.75) is 23.9 Å². The van der Waals surface area contributed by atoms with Crippen LogP contribution in [0, 0.1) is 11.8 Å². The number of ketones is 2. The molecule has 1 fully saturated rings. The number of hydrogen-bond donors (Lipinski definition) is 7. The summed E-state index contributed by atoms with van der Waals surface area (Å²) < 4.78 is 0. The molecule has 6 atom stereocenters. The molecular weight excluding hydrogens is 504 g/mol. The summed E-state index contributed by atoms with van der Waals surface area (Å²) in [5.41, 5.74) is 0.630. The number of nitrogens with zero attached hydrogens (tertiary/aromatic N) is 1. The molecule has 194 valence electrons. The van der Waals surface area contributed by atoms with Crippen LogP contribution in [0.5, 0.6) is 5.75 Å². The summed E-state index contributed by atoms with van der Waals surface area (Å²) in [5.74, 6) is -9.62. The van der Waals surface area contributed by atoms with E-state index in [1.165, 1.54) is 42.5 Å². The number of Topliss-reactive ketones (excluding diaryl/α,β-unsaturated/α-hetero) is 2. The van der Waals surface area contributed by atoms with Crippen molar-refractivity contribution in [3.05, 3.63) is 57.7 Å². The van der Waals surface area contributed by atoms with E-state index in [9.17, 15) is 45.0 Å². The number of phenols is 1. The molecule has 1 aromatic heterocycles. The number of likely N-dealkylation sites (N-methyl/N-ethyl adjacent to an activating group) is 1.